The van der Waals surface area contributed by atoms with Gasteiger partial charge in [0.25, 0.3) is 0 Å². The molecule has 0 radical (unpaired) electrons. The lowest BCUT2D eigenvalue weighted by molar-refractivity contribution is 0.0870. The molecule has 106 valence electrons. The maximum Gasteiger partial charge on any atom is 0.188 e. The van der Waals surface area contributed by atoms with E-state index in [2.05, 4.69) is 9.89 Å². The molecule has 0 aromatic carbocycles. The van der Waals surface area contributed by atoms with E-state index in [9.17, 15) is 0 Å². The summed E-state index contributed by atoms with van der Waals surface area (Å²) in [6, 6.07) is 0. The van der Waals surface area contributed by atoms with E-state index in [4.69, 9.17) is 10.5 Å². The molecule has 2 heterocycles. The van der Waals surface area contributed by atoms with Crippen molar-refractivity contribution < 1.29 is 4.74 Å². The van der Waals surface area contributed by atoms with Crippen LogP contribution in [0.3, 0.4) is 0 Å². The first-order valence-corrected chi connectivity index (χ1v) is 7.67. The van der Waals surface area contributed by atoms with Gasteiger partial charge in [-0.2, -0.15) is 0 Å². The van der Waals surface area contributed by atoms with E-state index in [1.165, 1.54) is 38.0 Å². The van der Waals surface area contributed by atoms with Crippen LogP contribution in [0.4, 0.5) is 0 Å². The summed E-state index contributed by atoms with van der Waals surface area (Å²) in [5.74, 6) is 1.91. The molecule has 0 unspecified atom stereocenters. The minimum atomic E-state index is 0.377. The van der Waals surface area contributed by atoms with Crippen LogP contribution in [0.2, 0.25) is 0 Å². The summed E-state index contributed by atoms with van der Waals surface area (Å²) >= 11 is 0. The van der Waals surface area contributed by atoms with Gasteiger partial charge in [-0.1, -0.05) is 0 Å². The molecular weight excluding hydrogens is 238 g/mol. The molecule has 0 aromatic rings. The molecule has 2 aliphatic heterocycles. The number of rotatable bonds is 4. The average molecular weight is 263 g/mol. The van der Waals surface area contributed by atoms with Crippen LogP contribution < -0.4 is 5.73 Å². The zero-order chi connectivity index (χ0) is 13.1. The fourth-order valence-electron chi connectivity index (χ4n) is 2.87. The quantitative estimate of drug-likeness (QED) is 0.843. The van der Waals surface area contributed by atoms with Gasteiger partial charge in [-0.25, -0.2) is 4.99 Å². The van der Waals surface area contributed by atoms with Gasteiger partial charge in [0, 0.05) is 38.8 Å². The largest absolute Gasteiger partial charge is 0.477 e. The third kappa shape index (κ3) is 3.80. The predicted octanol–water partition coefficient (Wildman–Crippen LogP) is 1.91. The van der Waals surface area contributed by atoms with Gasteiger partial charge < -0.3 is 15.4 Å². The zero-order valence-corrected chi connectivity index (χ0v) is 11.7. The van der Waals surface area contributed by atoms with Crippen molar-refractivity contribution in [3.8, 4) is 0 Å². The molecule has 3 aliphatic rings. The number of nitrogens with zero attached hydrogens (tertiary/aromatic N) is 2. The molecule has 0 bridgehead atoms. The Hall–Kier alpha value is -0.870. The first kappa shape index (κ1) is 13.1. The van der Waals surface area contributed by atoms with Crippen molar-refractivity contribution in [2.24, 2.45) is 16.6 Å². The molecule has 4 nitrogen and oxygen atoms in total. The molecule has 3 rings (SSSR count). The Balaban J connectivity index is 1.42. The fraction of sp³-hybridized carbons (Fsp3) is 0.800. The lowest BCUT2D eigenvalue weighted by Gasteiger charge is -2.32. The van der Waals surface area contributed by atoms with Gasteiger partial charge in [-0.05, 0) is 43.6 Å². The molecule has 0 atom stereocenters. The Morgan fingerprint density at radius 2 is 2.00 bits per heavy atom. The molecule has 0 spiro atoms. The van der Waals surface area contributed by atoms with Gasteiger partial charge >= 0.3 is 0 Å². The summed E-state index contributed by atoms with van der Waals surface area (Å²) in [6.45, 7) is 4.32. The summed E-state index contributed by atoms with van der Waals surface area (Å²) in [7, 11) is 0. The van der Waals surface area contributed by atoms with Crippen molar-refractivity contribution in [1.82, 2.24) is 4.90 Å². The van der Waals surface area contributed by atoms with Gasteiger partial charge in [-0.15, -0.1) is 0 Å². The van der Waals surface area contributed by atoms with Gasteiger partial charge in [0.1, 0.15) is 6.10 Å². The van der Waals surface area contributed by atoms with Crippen LogP contribution in [0.15, 0.2) is 16.8 Å². The monoisotopic (exact) mass is 263 g/mol. The minimum absolute atomic E-state index is 0.377. The Morgan fingerprint density at radius 3 is 2.58 bits per heavy atom. The second-order valence-electron chi connectivity index (χ2n) is 6.08. The second-order valence-corrected chi connectivity index (χ2v) is 6.08. The van der Waals surface area contributed by atoms with Gasteiger partial charge in [-0.3, -0.25) is 0 Å². The van der Waals surface area contributed by atoms with E-state index in [0.29, 0.717) is 12.6 Å². The van der Waals surface area contributed by atoms with Crippen LogP contribution in [-0.2, 0) is 4.74 Å². The number of hydrogen-bond donors (Lipinski definition) is 1. The molecule has 19 heavy (non-hydrogen) atoms. The zero-order valence-electron chi connectivity index (χ0n) is 11.7. The predicted molar refractivity (Wildman–Crippen MR) is 77.1 cm³/mol. The van der Waals surface area contributed by atoms with Crippen molar-refractivity contribution in [1.29, 1.82) is 0 Å². The second kappa shape index (κ2) is 6.06. The van der Waals surface area contributed by atoms with E-state index in [1.54, 1.807) is 0 Å². The standard InChI is InChI=1S/C15H25N3O/c16-9-13-3-4-15(17-10-13)19-14-5-7-18(8-6-14)11-12-1-2-12/h10,12,14H,1-9,11,16H2. The minimum Gasteiger partial charge on any atom is -0.477 e. The highest BCUT2D eigenvalue weighted by molar-refractivity contribution is 5.78. The SMILES string of the molecule is NCC1=CN=C(OC2CCN(CC3CC3)CC2)CC1. The third-order valence-corrected chi connectivity index (χ3v) is 4.36. The number of aliphatic imine (C=N–C) groups is 1. The third-order valence-electron chi connectivity index (χ3n) is 4.36. The molecule has 0 amide bonds. The number of nitrogens with two attached hydrogens (primary N) is 1. The highest BCUT2D eigenvalue weighted by Crippen LogP contribution is 2.30. The van der Waals surface area contributed by atoms with Crippen molar-refractivity contribution in [3.05, 3.63) is 11.8 Å². The molecule has 0 aromatic heterocycles. The Kier molecular flexibility index (Phi) is 4.18. The van der Waals surface area contributed by atoms with Gasteiger partial charge in [0.05, 0.1) is 0 Å². The van der Waals surface area contributed by atoms with Crippen molar-refractivity contribution in [2.75, 3.05) is 26.2 Å². The average Bonchev–Trinajstić information content (AvgIpc) is 3.26. The van der Waals surface area contributed by atoms with E-state index in [0.717, 1.165) is 37.5 Å². The van der Waals surface area contributed by atoms with Crippen LogP contribution in [0.5, 0.6) is 0 Å². The lowest BCUT2D eigenvalue weighted by Crippen LogP contribution is -2.39. The van der Waals surface area contributed by atoms with Gasteiger partial charge in [0.2, 0.25) is 0 Å². The normalized spacial score (nSPS) is 25.9. The van der Waals surface area contributed by atoms with Crippen LogP contribution in [0, 0.1) is 5.92 Å². The summed E-state index contributed by atoms with van der Waals surface area (Å²) < 4.78 is 6.03. The number of ether oxygens (including phenoxy) is 1. The summed E-state index contributed by atoms with van der Waals surface area (Å²) in [6.07, 6.45) is 9.40. The number of likely N-dealkylation sites (tertiary alicyclic amines) is 1. The van der Waals surface area contributed by atoms with Gasteiger partial charge in [0.15, 0.2) is 5.90 Å². The lowest BCUT2D eigenvalue weighted by atomic mass is 10.1. The number of piperidine rings is 1. The Labute approximate surface area is 115 Å². The molecule has 2 fully saturated rings. The Bertz CT molecular complexity index is 366. The smallest absolute Gasteiger partial charge is 0.188 e. The van der Waals surface area contributed by atoms with E-state index in [1.807, 2.05) is 6.20 Å². The van der Waals surface area contributed by atoms with Crippen LogP contribution in [0.1, 0.15) is 38.5 Å². The first-order valence-electron chi connectivity index (χ1n) is 7.67. The Morgan fingerprint density at radius 1 is 1.21 bits per heavy atom. The first-order chi connectivity index (χ1) is 9.33. The highest BCUT2D eigenvalue weighted by Gasteiger charge is 2.28. The number of hydrogen-bond acceptors (Lipinski definition) is 4. The van der Waals surface area contributed by atoms with Crippen LogP contribution in [0.25, 0.3) is 0 Å². The maximum atomic E-state index is 6.03. The molecule has 4 heteroatoms. The van der Waals surface area contributed by atoms with Crippen molar-refractivity contribution >= 4 is 5.90 Å². The van der Waals surface area contributed by atoms with E-state index < -0.39 is 0 Å². The molecule has 1 aliphatic carbocycles. The highest BCUT2D eigenvalue weighted by atomic mass is 16.5. The van der Waals surface area contributed by atoms with E-state index in [-0.39, 0.29) is 0 Å². The topological polar surface area (TPSA) is 50.9 Å². The molecule has 1 saturated carbocycles. The van der Waals surface area contributed by atoms with Crippen molar-refractivity contribution in [3.63, 3.8) is 0 Å². The van der Waals surface area contributed by atoms with Crippen LogP contribution in [-0.4, -0.2) is 43.1 Å². The summed E-state index contributed by atoms with van der Waals surface area (Å²) in [4.78, 5) is 7.00. The molecular formula is C15H25N3O. The maximum absolute atomic E-state index is 6.03. The molecule has 1 saturated heterocycles. The van der Waals surface area contributed by atoms with E-state index >= 15 is 0 Å². The van der Waals surface area contributed by atoms with Crippen LogP contribution >= 0.6 is 0 Å². The summed E-state index contributed by atoms with van der Waals surface area (Å²) in [5, 5.41) is 0. The van der Waals surface area contributed by atoms with Crippen molar-refractivity contribution in [2.45, 2.75) is 44.6 Å². The fourth-order valence-corrected chi connectivity index (χ4v) is 2.87. The molecule has 2 N–H and O–H groups in total. The summed E-state index contributed by atoms with van der Waals surface area (Å²) in [5.41, 5.74) is 6.84.